The number of rotatable bonds is 5. The highest BCUT2D eigenvalue weighted by Gasteiger charge is 2.27. The molecule has 0 spiro atoms. The van der Waals surface area contributed by atoms with Crippen LogP contribution in [0.5, 0.6) is 0 Å². The SMILES string of the molecule is CC(C)(C)N(CCC(=O)O)C(=O)c1ccnc(CN)c1. The van der Waals surface area contributed by atoms with Crippen LogP contribution in [-0.4, -0.2) is 39.0 Å². The average molecular weight is 279 g/mol. The molecule has 6 nitrogen and oxygen atoms in total. The van der Waals surface area contributed by atoms with Crippen molar-refractivity contribution >= 4 is 11.9 Å². The van der Waals surface area contributed by atoms with Crippen LogP contribution < -0.4 is 5.73 Å². The van der Waals surface area contributed by atoms with Gasteiger partial charge < -0.3 is 15.7 Å². The Morgan fingerprint density at radius 1 is 1.40 bits per heavy atom. The Hall–Kier alpha value is -1.95. The lowest BCUT2D eigenvalue weighted by molar-refractivity contribution is -0.137. The summed E-state index contributed by atoms with van der Waals surface area (Å²) in [6.07, 6.45) is 1.45. The molecular formula is C14H21N3O3. The van der Waals surface area contributed by atoms with E-state index in [-0.39, 0.29) is 25.4 Å². The number of amides is 1. The van der Waals surface area contributed by atoms with Gasteiger partial charge in [0.2, 0.25) is 0 Å². The maximum absolute atomic E-state index is 12.5. The molecule has 0 aromatic carbocycles. The second-order valence-electron chi connectivity index (χ2n) is 5.51. The van der Waals surface area contributed by atoms with E-state index < -0.39 is 11.5 Å². The summed E-state index contributed by atoms with van der Waals surface area (Å²) in [4.78, 5) is 28.9. The van der Waals surface area contributed by atoms with Crippen molar-refractivity contribution < 1.29 is 14.7 Å². The van der Waals surface area contributed by atoms with Gasteiger partial charge in [0.25, 0.3) is 5.91 Å². The van der Waals surface area contributed by atoms with Crippen LogP contribution in [-0.2, 0) is 11.3 Å². The topological polar surface area (TPSA) is 96.5 Å². The molecule has 110 valence electrons. The first-order valence-electron chi connectivity index (χ1n) is 6.44. The molecule has 0 aliphatic carbocycles. The van der Waals surface area contributed by atoms with Crippen molar-refractivity contribution in [3.8, 4) is 0 Å². The van der Waals surface area contributed by atoms with Crippen molar-refractivity contribution in [3.63, 3.8) is 0 Å². The standard InChI is InChI=1S/C14H21N3O3/c1-14(2,3)17(7-5-12(18)19)13(20)10-4-6-16-11(8-10)9-15/h4,6,8H,5,7,9,15H2,1-3H3,(H,18,19). The Morgan fingerprint density at radius 3 is 2.55 bits per heavy atom. The van der Waals surface area contributed by atoms with Crippen LogP contribution >= 0.6 is 0 Å². The van der Waals surface area contributed by atoms with Gasteiger partial charge in [-0.2, -0.15) is 0 Å². The number of carboxylic acids is 1. The minimum absolute atomic E-state index is 0.0855. The average Bonchev–Trinajstić information content (AvgIpc) is 2.36. The number of aromatic nitrogens is 1. The number of nitrogens with two attached hydrogens (primary N) is 1. The monoisotopic (exact) mass is 279 g/mol. The number of carbonyl (C=O) groups is 2. The fraction of sp³-hybridized carbons (Fsp3) is 0.500. The van der Waals surface area contributed by atoms with Crippen molar-refractivity contribution in [1.82, 2.24) is 9.88 Å². The van der Waals surface area contributed by atoms with Gasteiger partial charge in [-0.15, -0.1) is 0 Å². The second kappa shape index (κ2) is 6.47. The molecule has 0 aliphatic heterocycles. The second-order valence-corrected chi connectivity index (χ2v) is 5.51. The quantitative estimate of drug-likeness (QED) is 0.845. The van der Waals surface area contributed by atoms with E-state index in [0.29, 0.717) is 11.3 Å². The zero-order valence-corrected chi connectivity index (χ0v) is 12.1. The van der Waals surface area contributed by atoms with Crippen LogP contribution in [0.3, 0.4) is 0 Å². The molecule has 1 amide bonds. The number of carbonyl (C=O) groups excluding carboxylic acids is 1. The number of hydrogen-bond donors (Lipinski definition) is 2. The summed E-state index contributed by atoms with van der Waals surface area (Å²) >= 11 is 0. The highest BCUT2D eigenvalue weighted by Crippen LogP contribution is 2.18. The zero-order chi connectivity index (χ0) is 15.3. The molecule has 1 aromatic heterocycles. The van der Waals surface area contributed by atoms with Crippen LogP contribution in [0.15, 0.2) is 18.3 Å². The molecule has 3 N–H and O–H groups in total. The fourth-order valence-electron chi connectivity index (χ4n) is 1.83. The van der Waals surface area contributed by atoms with Gasteiger partial charge in [-0.25, -0.2) is 0 Å². The molecule has 0 atom stereocenters. The maximum atomic E-state index is 12.5. The van der Waals surface area contributed by atoms with Crippen molar-refractivity contribution in [2.75, 3.05) is 6.54 Å². The van der Waals surface area contributed by atoms with Crippen molar-refractivity contribution in [2.45, 2.75) is 39.3 Å². The van der Waals surface area contributed by atoms with Gasteiger partial charge in [-0.3, -0.25) is 14.6 Å². The minimum Gasteiger partial charge on any atom is -0.481 e. The van der Waals surface area contributed by atoms with E-state index in [9.17, 15) is 9.59 Å². The van der Waals surface area contributed by atoms with Crippen molar-refractivity contribution in [3.05, 3.63) is 29.6 Å². The number of aliphatic carboxylic acids is 1. The Bertz CT molecular complexity index is 495. The molecule has 1 aromatic rings. The van der Waals surface area contributed by atoms with E-state index in [1.54, 1.807) is 17.0 Å². The van der Waals surface area contributed by atoms with E-state index in [2.05, 4.69) is 4.98 Å². The van der Waals surface area contributed by atoms with Gasteiger partial charge in [0.05, 0.1) is 12.1 Å². The smallest absolute Gasteiger partial charge is 0.305 e. The summed E-state index contributed by atoms with van der Waals surface area (Å²) in [6.45, 7) is 6.04. The molecule has 0 unspecified atom stereocenters. The van der Waals surface area contributed by atoms with Gasteiger partial charge in [-0.05, 0) is 32.9 Å². The van der Waals surface area contributed by atoms with Gasteiger partial charge in [-0.1, -0.05) is 0 Å². The highest BCUT2D eigenvalue weighted by atomic mass is 16.4. The third-order valence-electron chi connectivity index (χ3n) is 2.88. The molecule has 1 rings (SSSR count). The molecule has 0 saturated carbocycles. The lowest BCUT2D eigenvalue weighted by Gasteiger charge is -2.35. The molecule has 0 saturated heterocycles. The summed E-state index contributed by atoms with van der Waals surface area (Å²) in [5.41, 5.74) is 6.16. The van der Waals surface area contributed by atoms with Crippen molar-refractivity contribution in [1.29, 1.82) is 0 Å². The fourth-order valence-corrected chi connectivity index (χ4v) is 1.83. The number of nitrogens with zero attached hydrogens (tertiary/aromatic N) is 2. The molecule has 0 aliphatic rings. The summed E-state index contributed by atoms with van der Waals surface area (Å²) in [6, 6.07) is 3.25. The molecule has 0 fully saturated rings. The van der Waals surface area contributed by atoms with E-state index in [1.165, 1.54) is 6.20 Å². The maximum Gasteiger partial charge on any atom is 0.305 e. The molecule has 0 bridgehead atoms. The van der Waals surface area contributed by atoms with Crippen LogP contribution in [0.25, 0.3) is 0 Å². The summed E-state index contributed by atoms with van der Waals surface area (Å²) < 4.78 is 0. The molecule has 6 heteroatoms. The van der Waals surface area contributed by atoms with Crippen LogP contribution in [0.2, 0.25) is 0 Å². The normalized spacial score (nSPS) is 11.2. The third-order valence-corrected chi connectivity index (χ3v) is 2.88. The summed E-state index contributed by atoms with van der Waals surface area (Å²) in [7, 11) is 0. The molecule has 0 radical (unpaired) electrons. The summed E-state index contributed by atoms with van der Waals surface area (Å²) in [5.74, 6) is -1.14. The minimum atomic E-state index is -0.926. The lowest BCUT2D eigenvalue weighted by atomic mass is 10.0. The molecule has 20 heavy (non-hydrogen) atoms. The predicted octanol–water partition coefficient (Wildman–Crippen LogP) is 1.26. The molecular weight excluding hydrogens is 258 g/mol. The molecule has 1 heterocycles. The van der Waals surface area contributed by atoms with Gasteiger partial charge in [0.1, 0.15) is 0 Å². The first-order chi connectivity index (χ1) is 9.25. The highest BCUT2D eigenvalue weighted by molar-refractivity contribution is 5.94. The van der Waals surface area contributed by atoms with E-state index in [4.69, 9.17) is 10.8 Å². The first-order valence-corrected chi connectivity index (χ1v) is 6.44. The Morgan fingerprint density at radius 2 is 2.05 bits per heavy atom. The zero-order valence-electron chi connectivity index (χ0n) is 12.1. The van der Waals surface area contributed by atoms with Crippen molar-refractivity contribution in [2.24, 2.45) is 5.73 Å². The van der Waals surface area contributed by atoms with Crippen LogP contribution in [0.4, 0.5) is 0 Å². The number of pyridine rings is 1. The Labute approximate surface area is 118 Å². The van der Waals surface area contributed by atoms with Crippen LogP contribution in [0, 0.1) is 0 Å². The summed E-state index contributed by atoms with van der Waals surface area (Å²) in [5, 5.41) is 8.80. The third kappa shape index (κ3) is 4.31. The van der Waals surface area contributed by atoms with Gasteiger partial charge >= 0.3 is 5.97 Å². The van der Waals surface area contributed by atoms with E-state index >= 15 is 0 Å². The van der Waals surface area contributed by atoms with Gasteiger partial charge in [0.15, 0.2) is 0 Å². The lowest BCUT2D eigenvalue weighted by Crippen LogP contribution is -2.46. The Kier molecular flexibility index (Phi) is 5.21. The predicted molar refractivity (Wildman–Crippen MR) is 75.2 cm³/mol. The first kappa shape index (κ1) is 16.1. The van der Waals surface area contributed by atoms with E-state index in [0.717, 1.165) is 0 Å². The number of carboxylic acid groups (broad SMARTS) is 1. The van der Waals surface area contributed by atoms with Crippen LogP contribution in [0.1, 0.15) is 43.2 Å². The van der Waals surface area contributed by atoms with E-state index in [1.807, 2.05) is 20.8 Å². The van der Waals surface area contributed by atoms with Gasteiger partial charge in [0, 0.05) is 30.4 Å². The Balaban J connectivity index is 3.00. The number of hydrogen-bond acceptors (Lipinski definition) is 4. The largest absolute Gasteiger partial charge is 0.481 e.